The van der Waals surface area contributed by atoms with Crippen molar-refractivity contribution in [2.75, 3.05) is 13.1 Å². The molecule has 0 unspecified atom stereocenters. The third kappa shape index (κ3) is 2.88. The molecule has 118 valence electrons. The molecule has 0 radical (unpaired) electrons. The van der Waals surface area contributed by atoms with E-state index in [0.717, 1.165) is 19.4 Å². The van der Waals surface area contributed by atoms with Crippen LogP contribution in [0.5, 0.6) is 0 Å². The number of likely N-dealkylation sites (tertiary alicyclic amines) is 1. The summed E-state index contributed by atoms with van der Waals surface area (Å²) in [5.74, 6) is 0.0420. The Bertz CT molecular complexity index is 639. The minimum absolute atomic E-state index is 0.0420. The smallest absolute Gasteiger partial charge is 0.257 e. The fourth-order valence-electron chi connectivity index (χ4n) is 2.74. The van der Waals surface area contributed by atoms with E-state index in [0.29, 0.717) is 12.1 Å². The van der Waals surface area contributed by atoms with E-state index in [1.54, 1.807) is 12.5 Å². The fraction of sp³-hybridized carbons (Fsp3) is 0.600. The van der Waals surface area contributed by atoms with E-state index in [-0.39, 0.29) is 17.5 Å². The summed E-state index contributed by atoms with van der Waals surface area (Å²) >= 11 is 0. The Morgan fingerprint density at radius 1 is 1.32 bits per heavy atom. The van der Waals surface area contributed by atoms with Gasteiger partial charge in [0.2, 0.25) is 0 Å². The Hall–Kier alpha value is -2.18. The number of amides is 1. The van der Waals surface area contributed by atoms with Gasteiger partial charge in [-0.1, -0.05) is 0 Å². The molecule has 1 atom stereocenters. The molecule has 0 aliphatic carbocycles. The summed E-state index contributed by atoms with van der Waals surface area (Å²) in [6.45, 7) is 7.65. The van der Waals surface area contributed by atoms with Gasteiger partial charge in [0.1, 0.15) is 12.7 Å². The van der Waals surface area contributed by atoms with Crippen molar-refractivity contribution in [3.05, 3.63) is 30.6 Å². The number of rotatable bonds is 2. The lowest BCUT2D eigenvalue weighted by atomic mass is 10.1. The Labute approximate surface area is 129 Å². The van der Waals surface area contributed by atoms with Crippen molar-refractivity contribution < 1.29 is 4.79 Å². The highest BCUT2D eigenvalue weighted by Gasteiger charge is 2.27. The second-order valence-corrected chi connectivity index (χ2v) is 6.77. The predicted molar refractivity (Wildman–Crippen MR) is 81.4 cm³/mol. The molecule has 7 nitrogen and oxygen atoms in total. The van der Waals surface area contributed by atoms with Gasteiger partial charge in [0.05, 0.1) is 23.3 Å². The zero-order chi connectivity index (χ0) is 15.7. The maximum absolute atomic E-state index is 12.7. The highest BCUT2D eigenvalue weighted by Crippen LogP contribution is 2.22. The first kappa shape index (κ1) is 14.7. The van der Waals surface area contributed by atoms with Crippen LogP contribution >= 0.6 is 0 Å². The third-order valence-electron chi connectivity index (χ3n) is 4.01. The fourth-order valence-corrected chi connectivity index (χ4v) is 2.74. The van der Waals surface area contributed by atoms with Gasteiger partial charge in [0.15, 0.2) is 0 Å². The summed E-state index contributed by atoms with van der Waals surface area (Å²) in [6, 6.07) is 0.206. The number of carbonyl (C=O) groups excluding carboxylic acids is 1. The lowest BCUT2D eigenvalue weighted by Gasteiger charge is -2.32. The first-order valence-electron chi connectivity index (χ1n) is 7.64. The molecule has 1 saturated heterocycles. The van der Waals surface area contributed by atoms with E-state index in [9.17, 15) is 4.79 Å². The van der Waals surface area contributed by atoms with Crippen molar-refractivity contribution in [3.8, 4) is 0 Å². The Balaban J connectivity index is 1.73. The molecular formula is C15H22N6O. The second kappa shape index (κ2) is 5.55. The van der Waals surface area contributed by atoms with Gasteiger partial charge in [-0.2, -0.15) is 10.2 Å². The molecule has 0 spiro atoms. The summed E-state index contributed by atoms with van der Waals surface area (Å²) in [6.07, 6.45) is 8.75. The molecule has 0 bridgehead atoms. The molecular weight excluding hydrogens is 280 g/mol. The largest absolute Gasteiger partial charge is 0.336 e. The lowest BCUT2D eigenvalue weighted by Crippen LogP contribution is -2.40. The average Bonchev–Trinajstić information content (AvgIpc) is 3.17. The zero-order valence-corrected chi connectivity index (χ0v) is 13.3. The van der Waals surface area contributed by atoms with Crippen molar-refractivity contribution in [2.45, 2.75) is 45.2 Å². The van der Waals surface area contributed by atoms with Crippen LogP contribution in [0.25, 0.3) is 0 Å². The quantitative estimate of drug-likeness (QED) is 0.847. The maximum atomic E-state index is 12.7. The van der Waals surface area contributed by atoms with Gasteiger partial charge in [0, 0.05) is 19.3 Å². The monoisotopic (exact) mass is 302 g/mol. The summed E-state index contributed by atoms with van der Waals surface area (Å²) in [7, 11) is 0. The first-order chi connectivity index (χ1) is 10.4. The minimum Gasteiger partial charge on any atom is -0.336 e. The summed E-state index contributed by atoms with van der Waals surface area (Å²) in [5, 5.41) is 8.51. The van der Waals surface area contributed by atoms with Crippen LogP contribution in [0.4, 0.5) is 0 Å². The topological polar surface area (TPSA) is 68.8 Å². The standard InChI is InChI=1S/C15H22N6O/c1-15(2,3)21-8-12(7-17-21)14(22)19-6-4-5-13(9-19)20-11-16-10-18-20/h7-8,10-11,13H,4-6,9H2,1-3H3/t13-/m1/s1. The zero-order valence-electron chi connectivity index (χ0n) is 13.3. The molecule has 3 rings (SSSR count). The van der Waals surface area contributed by atoms with Crippen molar-refractivity contribution >= 4 is 5.91 Å². The van der Waals surface area contributed by atoms with E-state index in [4.69, 9.17) is 0 Å². The Morgan fingerprint density at radius 2 is 2.14 bits per heavy atom. The Morgan fingerprint density at radius 3 is 2.77 bits per heavy atom. The Kier molecular flexibility index (Phi) is 3.72. The molecule has 1 aliphatic rings. The number of hydrogen-bond acceptors (Lipinski definition) is 4. The lowest BCUT2D eigenvalue weighted by molar-refractivity contribution is 0.0672. The summed E-state index contributed by atoms with van der Waals surface area (Å²) < 4.78 is 3.68. The number of carbonyl (C=O) groups is 1. The maximum Gasteiger partial charge on any atom is 0.257 e. The normalized spacial score (nSPS) is 19.4. The van der Waals surface area contributed by atoms with Crippen LogP contribution in [0.3, 0.4) is 0 Å². The van der Waals surface area contributed by atoms with Gasteiger partial charge in [-0.05, 0) is 33.6 Å². The molecule has 22 heavy (non-hydrogen) atoms. The molecule has 0 saturated carbocycles. The van der Waals surface area contributed by atoms with E-state index in [1.807, 2.05) is 20.5 Å². The third-order valence-corrected chi connectivity index (χ3v) is 4.01. The molecule has 1 fully saturated rings. The SMILES string of the molecule is CC(C)(C)n1cc(C(=O)N2CCC[C@@H](n3cncn3)C2)cn1. The van der Waals surface area contributed by atoms with Gasteiger partial charge in [0.25, 0.3) is 5.91 Å². The molecule has 3 heterocycles. The minimum atomic E-state index is -0.121. The van der Waals surface area contributed by atoms with Crippen molar-refractivity contribution in [1.29, 1.82) is 0 Å². The number of piperidine rings is 1. The van der Waals surface area contributed by atoms with Crippen LogP contribution < -0.4 is 0 Å². The molecule has 1 aliphatic heterocycles. The predicted octanol–water partition coefficient (Wildman–Crippen LogP) is 1.71. The van der Waals surface area contributed by atoms with E-state index < -0.39 is 0 Å². The van der Waals surface area contributed by atoms with Crippen molar-refractivity contribution in [1.82, 2.24) is 29.4 Å². The van der Waals surface area contributed by atoms with Crippen LogP contribution in [0.15, 0.2) is 25.0 Å². The van der Waals surface area contributed by atoms with E-state index in [2.05, 4.69) is 36.0 Å². The summed E-state index contributed by atoms with van der Waals surface area (Å²) in [4.78, 5) is 18.6. The van der Waals surface area contributed by atoms with E-state index in [1.165, 1.54) is 6.33 Å². The van der Waals surface area contributed by atoms with Crippen LogP contribution in [-0.2, 0) is 5.54 Å². The number of hydrogen-bond donors (Lipinski definition) is 0. The number of nitrogens with zero attached hydrogens (tertiary/aromatic N) is 6. The van der Waals surface area contributed by atoms with Crippen LogP contribution in [0.2, 0.25) is 0 Å². The van der Waals surface area contributed by atoms with Gasteiger partial charge in [-0.25, -0.2) is 9.67 Å². The number of aromatic nitrogens is 5. The van der Waals surface area contributed by atoms with Gasteiger partial charge in [-0.3, -0.25) is 9.48 Å². The summed E-state index contributed by atoms with van der Waals surface area (Å²) in [5.41, 5.74) is 0.526. The van der Waals surface area contributed by atoms with Gasteiger partial charge < -0.3 is 4.90 Å². The van der Waals surface area contributed by atoms with Crippen molar-refractivity contribution in [3.63, 3.8) is 0 Å². The van der Waals surface area contributed by atoms with E-state index >= 15 is 0 Å². The molecule has 7 heteroatoms. The van der Waals surface area contributed by atoms with Gasteiger partial charge in [-0.15, -0.1) is 0 Å². The first-order valence-corrected chi connectivity index (χ1v) is 7.64. The van der Waals surface area contributed by atoms with Gasteiger partial charge >= 0.3 is 0 Å². The highest BCUT2D eigenvalue weighted by atomic mass is 16.2. The van der Waals surface area contributed by atoms with Crippen molar-refractivity contribution in [2.24, 2.45) is 0 Å². The second-order valence-electron chi connectivity index (χ2n) is 6.77. The van der Waals surface area contributed by atoms with Crippen LogP contribution in [-0.4, -0.2) is 48.4 Å². The van der Waals surface area contributed by atoms with Crippen LogP contribution in [0.1, 0.15) is 50.0 Å². The molecule has 2 aromatic rings. The molecule has 0 aromatic carbocycles. The molecule has 2 aromatic heterocycles. The van der Waals surface area contributed by atoms with Crippen LogP contribution in [0, 0.1) is 0 Å². The molecule has 1 amide bonds. The highest BCUT2D eigenvalue weighted by molar-refractivity contribution is 5.93. The average molecular weight is 302 g/mol. The molecule has 0 N–H and O–H groups in total.